The van der Waals surface area contributed by atoms with Gasteiger partial charge in [0, 0.05) is 56.5 Å². The van der Waals surface area contributed by atoms with Crippen LogP contribution in [-0.2, 0) is 32.1 Å². The number of nitrogens with zero attached hydrogens (tertiary/aromatic N) is 3. The first-order chi connectivity index (χ1) is 16.7. The van der Waals surface area contributed by atoms with Crippen molar-refractivity contribution in [3.8, 4) is 0 Å². The van der Waals surface area contributed by atoms with E-state index in [4.69, 9.17) is 14.2 Å². The number of hydrogen-bond acceptors (Lipinski definition) is 5. The largest absolute Gasteiger partial charge is 0.444 e. The molecule has 4 rings (SSSR count). The molecule has 2 aliphatic rings. The molecule has 1 saturated heterocycles. The number of carbonyl (C=O) groups is 2. The highest BCUT2D eigenvalue weighted by atomic mass is 16.6. The molecule has 1 aromatic heterocycles. The maximum atomic E-state index is 13.7. The van der Waals surface area contributed by atoms with E-state index < -0.39 is 17.8 Å². The molecule has 2 amide bonds. The summed E-state index contributed by atoms with van der Waals surface area (Å²) >= 11 is 0. The summed E-state index contributed by atoms with van der Waals surface area (Å²) in [6, 6.07) is 6.57. The molecule has 8 heteroatoms. The quantitative estimate of drug-likeness (QED) is 0.526. The molecule has 0 radical (unpaired) electrons. The maximum Gasteiger partial charge on any atom is 0.410 e. The van der Waals surface area contributed by atoms with Gasteiger partial charge in [-0.2, -0.15) is 0 Å². The fourth-order valence-corrected chi connectivity index (χ4v) is 4.75. The predicted molar refractivity (Wildman–Crippen MR) is 134 cm³/mol. The number of aryl methyl sites for hydroxylation is 2. The van der Waals surface area contributed by atoms with E-state index in [2.05, 4.69) is 35.9 Å². The van der Waals surface area contributed by atoms with Crippen molar-refractivity contribution >= 4 is 22.9 Å². The molecule has 0 spiro atoms. The Balaban J connectivity index is 1.53. The molecule has 192 valence electrons. The van der Waals surface area contributed by atoms with Crippen LogP contribution in [0.4, 0.5) is 4.79 Å². The van der Waals surface area contributed by atoms with Crippen LogP contribution < -0.4 is 0 Å². The molecular weight excluding hydrogens is 446 g/mol. The average molecular weight is 486 g/mol. The van der Waals surface area contributed by atoms with E-state index in [0.29, 0.717) is 26.3 Å². The van der Waals surface area contributed by atoms with E-state index in [1.807, 2.05) is 25.7 Å². The van der Waals surface area contributed by atoms with Gasteiger partial charge in [-0.15, -0.1) is 0 Å². The van der Waals surface area contributed by atoms with Crippen molar-refractivity contribution in [2.75, 3.05) is 33.4 Å². The summed E-state index contributed by atoms with van der Waals surface area (Å²) < 4.78 is 18.9. The van der Waals surface area contributed by atoms with Crippen LogP contribution >= 0.6 is 0 Å². The topological polar surface area (TPSA) is 73.2 Å². The minimum atomic E-state index is -0.673. The van der Waals surface area contributed by atoms with Crippen molar-refractivity contribution in [3.05, 3.63) is 35.5 Å². The highest BCUT2D eigenvalue weighted by Crippen LogP contribution is 2.33. The third kappa shape index (κ3) is 6.16. The first-order valence-electron chi connectivity index (χ1n) is 12.6. The fraction of sp³-hybridized carbons (Fsp3) is 0.630. The number of fused-ring (bicyclic) bond motifs is 1. The van der Waals surface area contributed by atoms with Gasteiger partial charge in [0.05, 0.1) is 13.2 Å². The van der Waals surface area contributed by atoms with Gasteiger partial charge in [-0.3, -0.25) is 4.79 Å². The van der Waals surface area contributed by atoms with Gasteiger partial charge in [0.25, 0.3) is 5.91 Å². The minimum absolute atomic E-state index is 0.0466. The molecule has 0 bridgehead atoms. The maximum absolute atomic E-state index is 13.7. The Morgan fingerprint density at radius 2 is 2.00 bits per heavy atom. The highest BCUT2D eigenvalue weighted by molar-refractivity contribution is 5.88. The van der Waals surface area contributed by atoms with E-state index in [-0.39, 0.29) is 18.5 Å². The Labute approximate surface area is 208 Å². The van der Waals surface area contributed by atoms with Crippen LogP contribution in [0.1, 0.15) is 51.2 Å². The second-order valence-corrected chi connectivity index (χ2v) is 10.6. The zero-order valence-corrected chi connectivity index (χ0v) is 21.7. The number of amides is 2. The Morgan fingerprint density at radius 1 is 1.23 bits per heavy atom. The molecule has 1 aromatic carbocycles. The van der Waals surface area contributed by atoms with Gasteiger partial charge < -0.3 is 28.6 Å². The summed E-state index contributed by atoms with van der Waals surface area (Å²) in [7, 11) is 1.72. The molecule has 2 aromatic rings. The van der Waals surface area contributed by atoms with Crippen LogP contribution in [-0.4, -0.2) is 77.5 Å². The summed E-state index contributed by atoms with van der Waals surface area (Å²) in [5, 5.41) is 1.21. The summed E-state index contributed by atoms with van der Waals surface area (Å²) in [6.07, 6.45) is 4.04. The predicted octanol–water partition coefficient (Wildman–Crippen LogP) is 4.11. The van der Waals surface area contributed by atoms with Crippen LogP contribution in [0.25, 0.3) is 10.9 Å². The molecule has 1 aliphatic carbocycles. The smallest absolute Gasteiger partial charge is 0.410 e. The lowest BCUT2D eigenvalue weighted by Gasteiger charge is -2.36. The number of aromatic nitrogens is 1. The number of hydrogen-bond donors (Lipinski definition) is 0. The zero-order chi connectivity index (χ0) is 25.2. The van der Waals surface area contributed by atoms with Crippen molar-refractivity contribution in [1.29, 1.82) is 0 Å². The normalized spacial score (nSPS) is 18.7. The number of methoxy groups -OCH3 is 1. The third-order valence-corrected chi connectivity index (χ3v) is 6.55. The zero-order valence-electron chi connectivity index (χ0n) is 21.7. The highest BCUT2D eigenvalue weighted by Gasteiger charge is 2.39. The second kappa shape index (κ2) is 10.6. The first-order valence-corrected chi connectivity index (χ1v) is 12.6. The molecule has 35 heavy (non-hydrogen) atoms. The molecule has 8 nitrogen and oxygen atoms in total. The Bertz CT molecular complexity index is 1050. The Morgan fingerprint density at radius 3 is 2.69 bits per heavy atom. The SMILES string of the molecule is COCCCn1cc(CN(C(=O)[C@H]2CN(C(=O)OC(C)(C)C)CCO2)C2CC2)c2c(C)cccc21. The molecule has 1 atom stereocenters. The van der Waals surface area contributed by atoms with Gasteiger partial charge in [0.1, 0.15) is 5.60 Å². The van der Waals surface area contributed by atoms with E-state index >= 15 is 0 Å². The molecule has 2 fully saturated rings. The molecule has 1 aliphatic heterocycles. The molecule has 0 unspecified atom stereocenters. The van der Waals surface area contributed by atoms with E-state index in [1.165, 1.54) is 16.5 Å². The van der Waals surface area contributed by atoms with Gasteiger partial charge in [0.2, 0.25) is 0 Å². The summed E-state index contributed by atoms with van der Waals surface area (Å²) in [4.78, 5) is 29.8. The van der Waals surface area contributed by atoms with Crippen molar-refractivity contribution in [3.63, 3.8) is 0 Å². The minimum Gasteiger partial charge on any atom is -0.444 e. The van der Waals surface area contributed by atoms with Gasteiger partial charge in [-0.1, -0.05) is 12.1 Å². The number of benzene rings is 1. The monoisotopic (exact) mass is 485 g/mol. The number of rotatable bonds is 8. The summed E-state index contributed by atoms with van der Waals surface area (Å²) in [5.74, 6) is -0.0466. The Kier molecular flexibility index (Phi) is 7.71. The number of morpholine rings is 1. The molecular formula is C27H39N3O5. The van der Waals surface area contributed by atoms with Crippen molar-refractivity contribution < 1.29 is 23.8 Å². The fourth-order valence-electron chi connectivity index (χ4n) is 4.75. The van der Waals surface area contributed by atoms with E-state index in [9.17, 15) is 9.59 Å². The van der Waals surface area contributed by atoms with Crippen molar-refractivity contribution in [2.24, 2.45) is 0 Å². The van der Waals surface area contributed by atoms with Crippen LogP contribution in [0.15, 0.2) is 24.4 Å². The lowest BCUT2D eigenvalue weighted by atomic mass is 10.1. The number of carbonyl (C=O) groups excluding carboxylic acids is 2. The third-order valence-electron chi connectivity index (χ3n) is 6.55. The van der Waals surface area contributed by atoms with Gasteiger partial charge >= 0.3 is 6.09 Å². The van der Waals surface area contributed by atoms with Gasteiger partial charge in [0.15, 0.2) is 6.10 Å². The average Bonchev–Trinajstić information content (AvgIpc) is 3.59. The molecule has 0 N–H and O–H groups in total. The molecule has 2 heterocycles. The Hall–Kier alpha value is -2.58. The standard InChI is InChI=1S/C27H39N3O5/c1-19-8-6-9-22-24(19)20(16-28(22)12-7-14-33-5)17-30(21-10-11-21)25(31)23-18-29(13-15-34-23)26(32)35-27(2,3)4/h6,8-9,16,21,23H,7,10-15,17-18H2,1-5H3/t23-/m1/s1. The summed E-state index contributed by atoms with van der Waals surface area (Å²) in [5.41, 5.74) is 2.96. The number of ether oxygens (including phenoxy) is 3. The van der Waals surface area contributed by atoms with Crippen LogP contribution in [0.5, 0.6) is 0 Å². The van der Waals surface area contributed by atoms with Gasteiger partial charge in [-0.25, -0.2) is 4.79 Å². The van der Waals surface area contributed by atoms with Crippen LogP contribution in [0.3, 0.4) is 0 Å². The van der Waals surface area contributed by atoms with Crippen molar-refractivity contribution in [2.45, 2.75) is 77.8 Å². The first kappa shape index (κ1) is 25.5. The van der Waals surface area contributed by atoms with Crippen molar-refractivity contribution in [1.82, 2.24) is 14.4 Å². The van der Waals surface area contributed by atoms with E-state index in [0.717, 1.165) is 31.4 Å². The van der Waals surface area contributed by atoms with Crippen LogP contribution in [0, 0.1) is 6.92 Å². The summed E-state index contributed by atoms with van der Waals surface area (Å²) in [6.45, 7) is 10.7. The van der Waals surface area contributed by atoms with E-state index in [1.54, 1.807) is 12.0 Å². The van der Waals surface area contributed by atoms with Gasteiger partial charge in [-0.05, 0) is 64.2 Å². The lowest BCUT2D eigenvalue weighted by Crippen LogP contribution is -2.53. The van der Waals surface area contributed by atoms with Crippen LogP contribution in [0.2, 0.25) is 0 Å². The lowest BCUT2D eigenvalue weighted by molar-refractivity contribution is -0.150. The second-order valence-electron chi connectivity index (χ2n) is 10.6. The molecule has 1 saturated carbocycles.